The molecule has 3 nitrogen and oxygen atoms in total. The van der Waals surface area contributed by atoms with E-state index >= 15 is 0 Å². The van der Waals surface area contributed by atoms with Crippen molar-refractivity contribution >= 4 is 17.7 Å². The fourth-order valence-corrected chi connectivity index (χ4v) is 1.04. The topological polar surface area (TPSA) is 66.2 Å². The van der Waals surface area contributed by atoms with E-state index in [1.54, 1.807) is 6.08 Å². The first-order chi connectivity index (χ1) is 4.68. The maximum absolute atomic E-state index is 10.0. The number of carboxylic acid groups (broad SMARTS) is 1. The molecular weight excluding hydrogens is 173 g/mol. The quantitative estimate of drug-likeness (QED) is 0.268. The molecule has 0 aliphatic rings. The summed E-state index contributed by atoms with van der Waals surface area (Å²) in [7, 11) is 0. The third-order valence-corrected chi connectivity index (χ3v) is 1.90. The van der Waals surface area contributed by atoms with Crippen LogP contribution >= 0.6 is 11.8 Å². The second-order valence-electron chi connectivity index (χ2n) is 1.75. The van der Waals surface area contributed by atoms with Crippen LogP contribution in [-0.2, 0) is 4.79 Å². The molecule has 58 valence electrons. The molecule has 5 heteroatoms. The standard InChI is InChI=1S/C6H11NO2S.Na/c1-2-3-10-4-5(7)6(8)9;/h2,5H,1,3-4,7H2,(H,8,9);/q;+1/p-1/t5-;/m0./s1. The molecule has 11 heavy (non-hydrogen) atoms. The van der Waals surface area contributed by atoms with Gasteiger partial charge < -0.3 is 15.6 Å². The SMILES string of the molecule is C=CCSC[C@H](N)C(=O)[O-].[Na+]. The smallest absolute Gasteiger partial charge is 0.548 e. The maximum atomic E-state index is 10.0. The van der Waals surface area contributed by atoms with Crippen molar-refractivity contribution in [2.45, 2.75) is 6.04 Å². The molecule has 0 aromatic carbocycles. The summed E-state index contributed by atoms with van der Waals surface area (Å²) < 4.78 is 0. The number of thioether (sulfide) groups is 1. The van der Waals surface area contributed by atoms with Crippen LogP contribution in [0.1, 0.15) is 0 Å². The van der Waals surface area contributed by atoms with Crippen molar-refractivity contribution in [2.24, 2.45) is 5.73 Å². The molecule has 0 unspecified atom stereocenters. The minimum Gasteiger partial charge on any atom is -0.548 e. The van der Waals surface area contributed by atoms with Crippen LogP contribution in [0.5, 0.6) is 0 Å². The summed E-state index contributed by atoms with van der Waals surface area (Å²) >= 11 is 1.43. The van der Waals surface area contributed by atoms with Gasteiger partial charge in [-0.3, -0.25) is 0 Å². The molecular formula is C6H10NNaO2S. The fourth-order valence-electron chi connectivity index (χ4n) is 0.346. The van der Waals surface area contributed by atoms with E-state index in [0.29, 0.717) is 5.75 Å². The number of carbonyl (C=O) groups excluding carboxylic acids is 1. The van der Waals surface area contributed by atoms with E-state index in [2.05, 4.69) is 6.58 Å². The normalized spacial score (nSPS) is 11.4. The second-order valence-corrected chi connectivity index (χ2v) is 2.83. The third-order valence-electron chi connectivity index (χ3n) is 0.836. The van der Waals surface area contributed by atoms with E-state index in [1.807, 2.05) is 0 Å². The average molecular weight is 183 g/mol. The zero-order valence-electron chi connectivity index (χ0n) is 6.58. The van der Waals surface area contributed by atoms with E-state index in [-0.39, 0.29) is 29.6 Å². The first kappa shape index (κ1) is 14.1. The summed E-state index contributed by atoms with van der Waals surface area (Å²) in [6.45, 7) is 3.48. The summed E-state index contributed by atoms with van der Waals surface area (Å²) in [6, 6.07) is -0.857. The first-order valence-electron chi connectivity index (χ1n) is 2.83. The molecule has 1 atom stereocenters. The zero-order valence-corrected chi connectivity index (χ0v) is 9.39. The van der Waals surface area contributed by atoms with Crippen LogP contribution < -0.4 is 40.4 Å². The van der Waals surface area contributed by atoms with Crippen LogP contribution in [0.2, 0.25) is 0 Å². The van der Waals surface area contributed by atoms with Gasteiger partial charge >= 0.3 is 29.6 Å². The molecule has 0 saturated heterocycles. The Morgan fingerprint density at radius 3 is 2.73 bits per heavy atom. The molecule has 0 saturated carbocycles. The van der Waals surface area contributed by atoms with Crippen molar-refractivity contribution in [1.82, 2.24) is 0 Å². The Hall–Kier alpha value is 0.520. The van der Waals surface area contributed by atoms with Gasteiger partial charge in [-0.15, -0.1) is 6.58 Å². The molecule has 0 aliphatic carbocycles. The van der Waals surface area contributed by atoms with E-state index in [1.165, 1.54) is 11.8 Å². The summed E-state index contributed by atoms with van der Waals surface area (Å²) in [5.41, 5.74) is 5.14. The number of carboxylic acids is 1. The molecule has 0 aromatic heterocycles. The number of aliphatic carboxylic acids is 1. The van der Waals surface area contributed by atoms with Crippen LogP contribution in [-0.4, -0.2) is 23.5 Å². The number of hydrogen-bond donors (Lipinski definition) is 1. The predicted octanol–water partition coefficient (Wildman–Crippen LogP) is -4.01. The summed E-state index contributed by atoms with van der Waals surface area (Å²) in [5, 5.41) is 10.0. The van der Waals surface area contributed by atoms with Crippen LogP contribution in [0.25, 0.3) is 0 Å². The summed E-state index contributed by atoms with van der Waals surface area (Å²) in [5.74, 6) is -0.0911. The third kappa shape index (κ3) is 8.43. The van der Waals surface area contributed by atoms with Crippen LogP contribution in [0, 0.1) is 0 Å². The van der Waals surface area contributed by atoms with Gasteiger partial charge in [0.05, 0.1) is 12.0 Å². The Bertz CT molecular complexity index is 132. The molecule has 2 N–H and O–H groups in total. The number of carbonyl (C=O) groups is 1. The van der Waals surface area contributed by atoms with Crippen molar-refractivity contribution in [1.29, 1.82) is 0 Å². The van der Waals surface area contributed by atoms with Crippen LogP contribution in [0.4, 0.5) is 0 Å². The minimum atomic E-state index is -1.20. The van der Waals surface area contributed by atoms with E-state index < -0.39 is 12.0 Å². The van der Waals surface area contributed by atoms with Crippen molar-refractivity contribution in [2.75, 3.05) is 11.5 Å². The Morgan fingerprint density at radius 2 is 2.36 bits per heavy atom. The number of hydrogen-bond acceptors (Lipinski definition) is 4. The van der Waals surface area contributed by atoms with Gasteiger partial charge in [-0.1, -0.05) is 6.08 Å². The zero-order chi connectivity index (χ0) is 7.98. The molecule has 0 heterocycles. The molecule has 0 amide bonds. The van der Waals surface area contributed by atoms with Crippen LogP contribution in [0.3, 0.4) is 0 Å². The average Bonchev–Trinajstić information content (AvgIpc) is 1.88. The van der Waals surface area contributed by atoms with Gasteiger partial charge in [0.1, 0.15) is 0 Å². The molecule has 0 radical (unpaired) electrons. The first-order valence-corrected chi connectivity index (χ1v) is 3.99. The van der Waals surface area contributed by atoms with E-state index in [4.69, 9.17) is 5.73 Å². The molecule has 0 aromatic rings. The summed E-state index contributed by atoms with van der Waals surface area (Å²) in [4.78, 5) is 10.0. The van der Waals surface area contributed by atoms with Crippen LogP contribution in [0.15, 0.2) is 12.7 Å². The van der Waals surface area contributed by atoms with Gasteiger partial charge in [-0.05, 0) is 0 Å². The Morgan fingerprint density at radius 1 is 1.82 bits per heavy atom. The van der Waals surface area contributed by atoms with Crippen molar-refractivity contribution in [3.8, 4) is 0 Å². The Kier molecular flexibility index (Phi) is 11.0. The molecule has 0 rings (SSSR count). The Balaban J connectivity index is 0. The minimum absolute atomic E-state index is 0. The molecule has 0 aliphatic heterocycles. The molecule has 0 spiro atoms. The van der Waals surface area contributed by atoms with E-state index in [0.717, 1.165) is 5.75 Å². The summed E-state index contributed by atoms with van der Waals surface area (Å²) in [6.07, 6.45) is 1.70. The van der Waals surface area contributed by atoms with Crippen molar-refractivity contribution in [3.63, 3.8) is 0 Å². The van der Waals surface area contributed by atoms with Crippen molar-refractivity contribution < 1.29 is 39.5 Å². The maximum Gasteiger partial charge on any atom is 1.00 e. The Labute approximate surface area is 92.7 Å². The number of nitrogens with two attached hydrogens (primary N) is 1. The van der Waals surface area contributed by atoms with Gasteiger partial charge in [0.15, 0.2) is 0 Å². The van der Waals surface area contributed by atoms with Gasteiger partial charge in [0, 0.05) is 11.5 Å². The largest absolute Gasteiger partial charge is 1.00 e. The van der Waals surface area contributed by atoms with Gasteiger partial charge in [0.25, 0.3) is 0 Å². The van der Waals surface area contributed by atoms with Gasteiger partial charge in [-0.2, -0.15) is 11.8 Å². The van der Waals surface area contributed by atoms with Gasteiger partial charge in [0.2, 0.25) is 0 Å². The monoisotopic (exact) mass is 183 g/mol. The predicted molar refractivity (Wildman–Crippen MR) is 40.5 cm³/mol. The molecule has 0 fully saturated rings. The number of rotatable bonds is 5. The van der Waals surface area contributed by atoms with Crippen molar-refractivity contribution in [3.05, 3.63) is 12.7 Å². The fraction of sp³-hybridized carbons (Fsp3) is 0.500. The second kappa shape index (κ2) is 8.62. The molecule has 0 bridgehead atoms. The van der Waals surface area contributed by atoms with E-state index in [9.17, 15) is 9.90 Å². The van der Waals surface area contributed by atoms with Gasteiger partial charge in [-0.25, -0.2) is 0 Å².